The molecule has 156 valence electrons. The molecule has 0 aliphatic carbocycles. The smallest absolute Gasteiger partial charge is 0.328 e. The summed E-state index contributed by atoms with van der Waals surface area (Å²) in [7, 11) is 0. The highest BCUT2D eigenvalue weighted by Crippen LogP contribution is 2.22. The number of rotatable bonds is 7. The van der Waals surface area contributed by atoms with Crippen LogP contribution in [0.5, 0.6) is 0 Å². The van der Waals surface area contributed by atoms with Gasteiger partial charge < -0.3 is 10.1 Å². The van der Waals surface area contributed by atoms with Crippen LogP contribution < -0.4 is 5.32 Å². The Hall–Kier alpha value is -3.48. The van der Waals surface area contributed by atoms with Crippen LogP contribution in [0.15, 0.2) is 48.5 Å². The van der Waals surface area contributed by atoms with Crippen molar-refractivity contribution < 1.29 is 23.9 Å². The van der Waals surface area contributed by atoms with Gasteiger partial charge in [0.15, 0.2) is 0 Å². The second-order valence-electron chi connectivity index (χ2n) is 7.49. The molecule has 0 aromatic heterocycles. The number of fused-ring (bicyclic) bond motifs is 1. The van der Waals surface area contributed by atoms with Gasteiger partial charge in [-0.05, 0) is 36.6 Å². The van der Waals surface area contributed by atoms with E-state index in [2.05, 4.69) is 5.32 Å². The Bertz CT molecular complexity index is 964. The summed E-state index contributed by atoms with van der Waals surface area (Å²) >= 11 is 0. The van der Waals surface area contributed by atoms with Crippen LogP contribution in [-0.4, -0.2) is 47.8 Å². The first kappa shape index (κ1) is 21.2. The summed E-state index contributed by atoms with van der Waals surface area (Å²) in [5.41, 5.74) is 1.98. The number of benzene rings is 2. The molecule has 1 aliphatic heterocycles. The molecule has 3 rings (SSSR count). The van der Waals surface area contributed by atoms with E-state index in [1.54, 1.807) is 50.2 Å². The minimum Gasteiger partial charge on any atom is -0.462 e. The molecule has 0 saturated carbocycles. The molecule has 3 amide bonds. The van der Waals surface area contributed by atoms with Crippen LogP contribution in [0.1, 0.15) is 50.5 Å². The van der Waals surface area contributed by atoms with Crippen molar-refractivity contribution in [1.82, 2.24) is 10.2 Å². The molecule has 2 aromatic rings. The third kappa shape index (κ3) is 4.25. The minimum absolute atomic E-state index is 0.0470. The van der Waals surface area contributed by atoms with Gasteiger partial charge in [0.05, 0.1) is 17.7 Å². The predicted octanol–water partition coefficient (Wildman–Crippen LogP) is 2.59. The number of nitrogens with one attached hydrogen (secondary N) is 1. The SMILES string of the molecule is Cc1ccccc1C(=O)N[C@H](C(=O)OCCN1C(=O)c2ccccc2C1=O)C(C)C. The normalized spacial score (nSPS) is 13.9. The molecule has 0 radical (unpaired) electrons. The first-order chi connectivity index (χ1) is 14.3. The number of ether oxygens (including phenoxy) is 1. The van der Waals surface area contributed by atoms with Crippen molar-refractivity contribution in [1.29, 1.82) is 0 Å². The Morgan fingerprint density at radius 3 is 2.10 bits per heavy atom. The average molecular weight is 408 g/mol. The molecule has 1 atom stereocenters. The van der Waals surface area contributed by atoms with Gasteiger partial charge in [-0.3, -0.25) is 19.3 Å². The molecule has 0 fully saturated rings. The zero-order valence-electron chi connectivity index (χ0n) is 17.2. The lowest BCUT2D eigenvalue weighted by atomic mass is 10.0. The quantitative estimate of drug-likeness (QED) is 0.562. The summed E-state index contributed by atoms with van der Waals surface area (Å²) in [6.07, 6.45) is 0. The number of aryl methyl sites for hydroxylation is 1. The third-order valence-corrected chi connectivity index (χ3v) is 5.03. The van der Waals surface area contributed by atoms with Gasteiger partial charge in [0.1, 0.15) is 12.6 Å². The number of carbonyl (C=O) groups is 4. The van der Waals surface area contributed by atoms with Gasteiger partial charge in [0.2, 0.25) is 0 Å². The molecule has 7 heteroatoms. The summed E-state index contributed by atoms with van der Waals surface area (Å²) < 4.78 is 5.29. The van der Waals surface area contributed by atoms with Gasteiger partial charge in [-0.2, -0.15) is 0 Å². The van der Waals surface area contributed by atoms with Gasteiger partial charge in [0, 0.05) is 5.56 Å². The molecule has 7 nitrogen and oxygen atoms in total. The monoisotopic (exact) mass is 408 g/mol. The number of esters is 1. The molecule has 0 spiro atoms. The van der Waals surface area contributed by atoms with E-state index in [4.69, 9.17) is 4.74 Å². The van der Waals surface area contributed by atoms with Crippen molar-refractivity contribution in [2.24, 2.45) is 5.92 Å². The van der Waals surface area contributed by atoms with E-state index in [-0.39, 0.29) is 25.0 Å². The average Bonchev–Trinajstić information content (AvgIpc) is 2.97. The molecule has 0 saturated heterocycles. The lowest BCUT2D eigenvalue weighted by Crippen LogP contribution is -2.46. The summed E-state index contributed by atoms with van der Waals surface area (Å²) in [5, 5.41) is 2.72. The number of hydrogen-bond acceptors (Lipinski definition) is 5. The molecular formula is C23H24N2O5. The molecule has 2 aromatic carbocycles. The molecule has 30 heavy (non-hydrogen) atoms. The van der Waals surface area contributed by atoms with E-state index < -0.39 is 23.8 Å². The van der Waals surface area contributed by atoms with Crippen LogP contribution in [0.25, 0.3) is 0 Å². The van der Waals surface area contributed by atoms with Crippen LogP contribution >= 0.6 is 0 Å². The fourth-order valence-corrected chi connectivity index (χ4v) is 3.31. The first-order valence-corrected chi connectivity index (χ1v) is 9.79. The molecule has 0 unspecified atom stereocenters. The van der Waals surface area contributed by atoms with Crippen molar-refractivity contribution in [2.45, 2.75) is 26.8 Å². The highest BCUT2D eigenvalue weighted by molar-refractivity contribution is 6.21. The van der Waals surface area contributed by atoms with Crippen molar-refractivity contribution in [2.75, 3.05) is 13.2 Å². The zero-order valence-corrected chi connectivity index (χ0v) is 17.2. The fraction of sp³-hybridized carbons (Fsp3) is 0.304. The largest absolute Gasteiger partial charge is 0.462 e. The molecule has 1 N–H and O–H groups in total. The molecule has 0 bridgehead atoms. The second kappa shape index (κ2) is 8.90. The number of carbonyl (C=O) groups excluding carboxylic acids is 4. The summed E-state index contributed by atoms with van der Waals surface area (Å²) in [6, 6.07) is 12.8. The highest BCUT2D eigenvalue weighted by atomic mass is 16.5. The summed E-state index contributed by atoms with van der Waals surface area (Å²) in [6.45, 7) is 5.23. The van der Waals surface area contributed by atoms with Crippen LogP contribution in [0, 0.1) is 12.8 Å². The van der Waals surface area contributed by atoms with E-state index >= 15 is 0 Å². The molecule has 1 aliphatic rings. The van der Waals surface area contributed by atoms with E-state index in [1.165, 1.54) is 0 Å². The number of amides is 3. The van der Waals surface area contributed by atoms with Crippen LogP contribution in [0.3, 0.4) is 0 Å². The van der Waals surface area contributed by atoms with Crippen LogP contribution in [0.2, 0.25) is 0 Å². The Morgan fingerprint density at radius 1 is 0.967 bits per heavy atom. The van der Waals surface area contributed by atoms with E-state index in [1.807, 2.05) is 19.1 Å². The van der Waals surface area contributed by atoms with E-state index in [0.717, 1.165) is 10.5 Å². The molecule has 1 heterocycles. The summed E-state index contributed by atoms with van der Waals surface area (Å²) in [5.74, 6) is -1.97. The number of hydrogen-bond donors (Lipinski definition) is 1. The van der Waals surface area contributed by atoms with Crippen molar-refractivity contribution in [3.05, 3.63) is 70.8 Å². The minimum atomic E-state index is -0.848. The van der Waals surface area contributed by atoms with Gasteiger partial charge in [-0.1, -0.05) is 44.2 Å². The Morgan fingerprint density at radius 2 is 1.53 bits per heavy atom. The maximum absolute atomic E-state index is 12.6. The Labute approximate surface area is 175 Å². The van der Waals surface area contributed by atoms with Crippen LogP contribution in [-0.2, 0) is 9.53 Å². The highest BCUT2D eigenvalue weighted by Gasteiger charge is 2.35. The topological polar surface area (TPSA) is 92.8 Å². The number of nitrogens with zero attached hydrogens (tertiary/aromatic N) is 1. The standard InChI is InChI=1S/C23H24N2O5/c1-14(2)19(24-20(26)16-9-5-4-8-15(16)3)23(29)30-13-12-25-21(27)17-10-6-7-11-18(17)22(25)28/h4-11,14,19H,12-13H2,1-3H3,(H,24,26)/t19-/m0/s1. The third-order valence-electron chi connectivity index (χ3n) is 5.03. The predicted molar refractivity (Wildman–Crippen MR) is 110 cm³/mol. The van der Waals surface area contributed by atoms with Crippen molar-refractivity contribution in [3.8, 4) is 0 Å². The summed E-state index contributed by atoms with van der Waals surface area (Å²) in [4.78, 5) is 50.9. The van der Waals surface area contributed by atoms with E-state index in [0.29, 0.717) is 16.7 Å². The van der Waals surface area contributed by atoms with Crippen LogP contribution in [0.4, 0.5) is 0 Å². The van der Waals surface area contributed by atoms with Gasteiger partial charge in [0.25, 0.3) is 17.7 Å². The number of imide groups is 1. The lowest BCUT2D eigenvalue weighted by molar-refractivity contribution is -0.147. The maximum Gasteiger partial charge on any atom is 0.328 e. The van der Waals surface area contributed by atoms with Gasteiger partial charge >= 0.3 is 5.97 Å². The zero-order chi connectivity index (χ0) is 21.8. The first-order valence-electron chi connectivity index (χ1n) is 9.79. The van der Waals surface area contributed by atoms with Crippen molar-refractivity contribution >= 4 is 23.7 Å². The molecular weight excluding hydrogens is 384 g/mol. The maximum atomic E-state index is 12.6. The fourth-order valence-electron chi connectivity index (χ4n) is 3.31. The van der Waals surface area contributed by atoms with Crippen molar-refractivity contribution in [3.63, 3.8) is 0 Å². The van der Waals surface area contributed by atoms with Gasteiger partial charge in [-0.25, -0.2) is 4.79 Å². The van der Waals surface area contributed by atoms with Gasteiger partial charge in [-0.15, -0.1) is 0 Å². The van der Waals surface area contributed by atoms with E-state index in [9.17, 15) is 19.2 Å². The second-order valence-corrected chi connectivity index (χ2v) is 7.49. The Kier molecular flexibility index (Phi) is 6.30. The Balaban J connectivity index is 1.59. The lowest BCUT2D eigenvalue weighted by Gasteiger charge is -2.22.